The smallest absolute Gasteiger partial charge is 0.322 e. The Labute approximate surface area is 108 Å². The van der Waals surface area contributed by atoms with E-state index in [2.05, 4.69) is 10.3 Å². The van der Waals surface area contributed by atoms with Gasteiger partial charge in [-0.15, -0.1) is 11.3 Å². The lowest BCUT2D eigenvalue weighted by molar-refractivity contribution is -0.144. The summed E-state index contributed by atoms with van der Waals surface area (Å²) >= 11 is 1.58. The van der Waals surface area contributed by atoms with Gasteiger partial charge >= 0.3 is 5.97 Å². The van der Waals surface area contributed by atoms with E-state index in [1.165, 1.54) is 0 Å². The Bertz CT molecular complexity index is 536. The summed E-state index contributed by atoms with van der Waals surface area (Å²) in [6.07, 6.45) is 3.93. The summed E-state index contributed by atoms with van der Waals surface area (Å²) < 4.78 is 1.97. The number of piperazine rings is 1. The average molecular weight is 266 g/mol. The molecular formula is C11H14N4O2S. The normalized spacial score (nSPS) is 21.4. The molecule has 0 radical (unpaired) electrons. The molecule has 18 heavy (non-hydrogen) atoms. The van der Waals surface area contributed by atoms with Gasteiger partial charge in [0.2, 0.25) is 0 Å². The van der Waals surface area contributed by atoms with Crippen molar-refractivity contribution in [2.24, 2.45) is 0 Å². The molecule has 2 aromatic heterocycles. The number of hydrogen-bond acceptors (Lipinski definition) is 5. The number of imidazole rings is 1. The van der Waals surface area contributed by atoms with Crippen molar-refractivity contribution in [2.75, 3.05) is 19.6 Å². The molecule has 0 bridgehead atoms. The van der Waals surface area contributed by atoms with Gasteiger partial charge in [-0.1, -0.05) is 0 Å². The zero-order valence-corrected chi connectivity index (χ0v) is 10.6. The fraction of sp³-hybridized carbons (Fsp3) is 0.455. The summed E-state index contributed by atoms with van der Waals surface area (Å²) in [5, 5.41) is 14.3. The molecule has 0 saturated carbocycles. The molecule has 1 fully saturated rings. The fourth-order valence-electron chi connectivity index (χ4n) is 2.24. The molecule has 7 heteroatoms. The summed E-state index contributed by atoms with van der Waals surface area (Å²) in [6, 6.07) is -0.460. The van der Waals surface area contributed by atoms with Gasteiger partial charge in [0.05, 0.1) is 5.69 Å². The van der Waals surface area contributed by atoms with E-state index in [1.807, 2.05) is 27.1 Å². The zero-order chi connectivity index (χ0) is 12.5. The molecule has 2 aromatic rings. The summed E-state index contributed by atoms with van der Waals surface area (Å²) in [7, 11) is 0. The molecule has 2 N–H and O–H groups in total. The number of hydrogen-bond donors (Lipinski definition) is 2. The third-order valence-electron chi connectivity index (χ3n) is 3.15. The van der Waals surface area contributed by atoms with E-state index < -0.39 is 12.0 Å². The van der Waals surface area contributed by atoms with Crippen molar-refractivity contribution in [1.29, 1.82) is 0 Å². The standard InChI is InChI=1S/C11H14N4O2S/c16-10(17)9-5-12-1-2-14(9)6-8-7-15-3-4-18-11(15)13-8/h3-4,7,9,12H,1-2,5-6H2,(H,16,17). The molecule has 1 saturated heterocycles. The molecular weight excluding hydrogens is 252 g/mol. The van der Waals surface area contributed by atoms with E-state index in [4.69, 9.17) is 0 Å². The summed E-state index contributed by atoms with van der Waals surface area (Å²) in [5.74, 6) is -0.775. The highest BCUT2D eigenvalue weighted by Crippen LogP contribution is 2.14. The molecule has 0 aromatic carbocycles. The van der Waals surface area contributed by atoms with E-state index in [0.29, 0.717) is 13.1 Å². The zero-order valence-electron chi connectivity index (χ0n) is 9.74. The quantitative estimate of drug-likeness (QED) is 0.833. The molecule has 6 nitrogen and oxygen atoms in total. The summed E-state index contributed by atoms with van der Waals surface area (Å²) in [5.41, 5.74) is 0.926. The van der Waals surface area contributed by atoms with Crippen LogP contribution in [0.4, 0.5) is 0 Å². The summed E-state index contributed by atoms with van der Waals surface area (Å²) in [6.45, 7) is 2.65. The number of carboxylic acids is 1. The lowest BCUT2D eigenvalue weighted by Gasteiger charge is -2.32. The minimum absolute atomic E-state index is 0.460. The third-order valence-corrected chi connectivity index (χ3v) is 3.92. The van der Waals surface area contributed by atoms with Crippen molar-refractivity contribution >= 4 is 22.3 Å². The van der Waals surface area contributed by atoms with Crippen LogP contribution < -0.4 is 5.32 Å². The highest BCUT2D eigenvalue weighted by molar-refractivity contribution is 7.15. The summed E-state index contributed by atoms with van der Waals surface area (Å²) in [4.78, 5) is 18.6. The van der Waals surface area contributed by atoms with Gasteiger partial charge in [-0.25, -0.2) is 4.98 Å². The number of carbonyl (C=O) groups is 1. The molecule has 3 rings (SSSR count). The Balaban J connectivity index is 1.77. The van der Waals surface area contributed by atoms with Crippen LogP contribution in [-0.2, 0) is 11.3 Å². The van der Waals surface area contributed by atoms with Crippen molar-refractivity contribution in [3.8, 4) is 0 Å². The molecule has 1 aliphatic heterocycles. The maximum Gasteiger partial charge on any atom is 0.322 e. The van der Waals surface area contributed by atoms with Crippen LogP contribution in [0.1, 0.15) is 5.69 Å². The number of nitrogens with zero attached hydrogens (tertiary/aromatic N) is 3. The first kappa shape index (κ1) is 11.6. The molecule has 0 amide bonds. The molecule has 1 atom stereocenters. The van der Waals surface area contributed by atoms with Crippen LogP contribution in [0.3, 0.4) is 0 Å². The monoisotopic (exact) mass is 266 g/mol. The molecule has 1 aliphatic rings. The van der Waals surface area contributed by atoms with Gasteiger partial charge in [0, 0.05) is 44.0 Å². The Hall–Kier alpha value is -1.44. The van der Waals surface area contributed by atoms with Crippen LogP contribution in [0, 0.1) is 0 Å². The van der Waals surface area contributed by atoms with Crippen LogP contribution in [0.5, 0.6) is 0 Å². The first-order valence-corrected chi connectivity index (χ1v) is 6.70. The Morgan fingerprint density at radius 2 is 2.56 bits per heavy atom. The van der Waals surface area contributed by atoms with Gasteiger partial charge in [0.25, 0.3) is 0 Å². The molecule has 3 heterocycles. The van der Waals surface area contributed by atoms with E-state index in [0.717, 1.165) is 23.7 Å². The first-order valence-electron chi connectivity index (χ1n) is 5.83. The van der Waals surface area contributed by atoms with Crippen molar-refractivity contribution < 1.29 is 9.90 Å². The lowest BCUT2D eigenvalue weighted by Crippen LogP contribution is -2.54. The predicted octanol–water partition coefficient (Wildman–Crippen LogP) is 0.254. The van der Waals surface area contributed by atoms with Crippen molar-refractivity contribution in [3.05, 3.63) is 23.5 Å². The van der Waals surface area contributed by atoms with E-state index in [-0.39, 0.29) is 0 Å². The second-order valence-electron chi connectivity index (χ2n) is 4.35. The largest absolute Gasteiger partial charge is 0.480 e. The van der Waals surface area contributed by atoms with Gasteiger partial charge < -0.3 is 10.4 Å². The molecule has 96 valence electrons. The van der Waals surface area contributed by atoms with Gasteiger partial charge in [-0.3, -0.25) is 14.1 Å². The first-order chi connectivity index (χ1) is 8.74. The lowest BCUT2D eigenvalue weighted by atomic mass is 10.2. The van der Waals surface area contributed by atoms with Crippen LogP contribution in [0.25, 0.3) is 4.96 Å². The van der Waals surface area contributed by atoms with Crippen LogP contribution in [-0.4, -0.2) is 51.0 Å². The van der Waals surface area contributed by atoms with E-state index in [9.17, 15) is 9.90 Å². The minimum atomic E-state index is -0.775. The average Bonchev–Trinajstić information content (AvgIpc) is 2.90. The van der Waals surface area contributed by atoms with Crippen LogP contribution >= 0.6 is 11.3 Å². The number of aliphatic carboxylic acids is 1. The van der Waals surface area contributed by atoms with Gasteiger partial charge in [-0.05, 0) is 0 Å². The van der Waals surface area contributed by atoms with Gasteiger partial charge in [-0.2, -0.15) is 0 Å². The minimum Gasteiger partial charge on any atom is -0.480 e. The number of thiazole rings is 1. The highest BCUT2D eigenvalue weighted by atomic mass is 32.1. The second kappa shape index (κ2) is 4.68. The Kier molecular flexibility index (Phi) is 3.02. The second-order valence-corrected chi connectivity index (χ2v) is 5.23. The Morgan fingerprint density at radius 3 is 3.33 bits per heavy atom. The highest BCUT2D eigenvalue weighted by Gasteiger charge is 2.28. The van der Waals surface area contributed by atoms with Crippen molar-refractivity contribution in [1.82, 2.24) is 19.6 Å². The van der Waals surface area contributed by atoms with Gasteiger partial charge in [0.1, 0.15) is 6.04 Å². The number of rotatable bonds is 3. The Morgan fingerprint density at radius 1 is 1.67 bits per heavy atom. The van der Waals surface area contributed by atoms with E-state index >= 15 is 0 Å². The predicted molar refractivity (Wildman–Crippen MR) is 67.8 cm³/mol. The molecule has 0 spiro atoms. The fourth-order valence-corrected chi connectivity index (χ4v) is 2.96. The topological polar surface area (TPSA) is 69.9 Å². The van der Waals surface area contributed by atoms with Crippen LogP contribution in [0.2, 0.25) is 0 Å². The SMILES string of the molecule is O=C(O)C1CNCCN1Cc1cn2ccsc2n1. The number of aromatic nitrogens is 2. The maximum absolute atomic E-state index is 11.2. The maximum atomic E-state index is 11.2. The number of fused-ring (bicyclic) bond motifs is 1. The van der Waals surface area contributed by atoms with Crippen molar-refractivity contribution in [2.45, 2.75) is 12.6 Å². The number of carboxylic acid groups (broad SMARTS) is 1. The molecule has 0 aliphatic carbocycles. The van der Waals surface area contributed by atoms with Crippen LogP contribution in [0.15, 0.2) is 17.8 Å². The number of nitrogens with one attached hydrogen (secondary N) is 1. The molecule has 1 unspecified atom stereocenters. The third kappa shape index (κ3) is 2.12. The van der Waals surface area contributed by atoms with Crippen molar-refractivity contribution in [3.63, 3.8) is 0 Å². The van der Waals surface area contributed by atoms with E-state index in [1.54, 1.807) is 11.3 Å². The van der Waals surface area contributed by atoms with Gasteiger partial charge in [0.15, 0.2) is 4.96 Å².